The van der Waals surface area contributed by atoms with Gasteiger partial charge in [0, 0.05) is 42.7 Å². The van der Waals surface area contributed by atoms with Crippen LogP contribution >= 0.6 is 11.8 Å². The number of nitrogens with zero attached hydrogens (tertiary/aromatic N) is 4. The van der Waals surface area contributed by atoms with E-state index in [4.69, 9.17) is 5.26 Å². The van der Waals surface area contributed by atoms with Gasteiger partial charge in [0.1, 0.15) is 5.69 Å². The number of nitriles is 1. The molecule has 3 aromatic rings. The van der Waals surface area contributed by atoms with E-state index in [2.05, 4.69) is 40.8 Å². The summed E-state index contributed by atoms with van der Waals surface area (Å²) in [6.07, 6.45) is 2.86. The first-order valence-electron chi connectivity index (χ1n) is 11.8. The third-order valence-electron chi connectivity index (χ3n) is 6.69. The molecule has 1 fully saturated rings. The first-order valence-corrected chi connectivity index (χ1v) is 12.8. The van der Waals surface area contributed by atoms with E-state index < -0.39 is 0 Å². The maximum Gasteiger partial charge on any atom is 0.272 e. The van der Waals surface area contributed by atoms with E-state index in [-0.39, 0.29) is 16.6 Å². The van der Waals surface area contributed by atoms with Crippen molar-refractivity contribution in [3.8, 4) is 6.07 Å². The molecule has 2 aromatic carbocycles. The number of hydrogen-bond acceptors (Lipinski definition) is 5. The summed E-state index contributed by atoms with van der Waals surface area (Å²) in [7, 11) is 1.73. The SMILES string of the molecule is Cn1nc(C(=O)NCc2ccc(C#N)cc2)c2c1C(=O)N(CC1(SCc3ccccc3)CC1)CC2. The molecule has 2 amide bonds. The lowest BCUT2D eigenvalue weighted by Crippen LogP contribution is -2.43. The van der Waals surface area contributed by atoms with Crippen molar-refractivity contribution in [2.45, 2.75) is 36.3 Å². The van der Waals surface area contributed by atoms with Gasteiger partial charge in [-0.25, -0.2) is 0 Å². The molecule has 178 valence electrons. The van der Waals surface area contributed by atoms with Crippen LogP contribution in [-0.2, 0) is 25.8 Å². The molecule has 35 heavy (non-hydrogen) atoms. The highest BCUT2D eigenvalue weighted by Gasteiger charge is 2.46. The lowest BCUT2D eigenvalue weighted by atomic mass is 10.0. The summed E-state index contributed by atoms with van der Waals surface area (Å²) in [5.41, 5.74) is 4.35. The van der Waals surface area contributed by atoms with Crippen LogP contribution in [-0.4, -0.2) is 44.3 Å². The van der Waals surface area contributed by atoms with Gasteiger partial charge in [-0.3, -0.25) is 14.3 Å². The fourth-order valence-electron chi connectivity index (χ4n) is 4.51. The van der Waals surface area contributed by atoms with E-state index in [1.54, 1.807) is 23.9 Å². The molecule has 0 spiro atoms. The third kappa shape index (κ3) is 4.96. The maximum absolute atomic E-state index is 13.4. The number of carbonyl (C=O) groups is 2. The second kappa shape index (κ2) is 9.59. The third-order valence-corrected chi connectivity index (χ3v) is 8.32. The van der Waals surface area contributed by atoms with Gasteiger partial charge in [0.05, 0.1) is 11.6 Å². The molecule has 1 saturated carbocycles. The molecule has 7 nitrogen and oxygen atoms in total. The van der Waals surface area contributed by atoms with Gasteiger partial charge >= 0.3 is 0 Å². The van der Waals surface area contributed by atoms with Crippen molar-refractivity contribution in [2.75, 3.05) is 13.1 Å². The van der Waals surface area contributed by atoms with Crippen LogP contribution in [0.15, 0.2) is 54.6 Å². The fourth-order valence-corrected chi connectivity index (χ4v) is 5.82. The Kier molecular flexibility index (Phi) is 6.35. The Hall–Kier alpha value is -3.57. The van der Waals surface area contributed by atoms with Crippen molar-refractivity contribution in [3.63, 3.8) is 0 Å². The minimum absolute atomic E-state index is 0.0426. The van der Waals surface area contributed by atoms with E-state index in [1.807, 2.05) is 34.9 Å². The van der Waals surface area contributed by atoms with Gasteiger partial charge in [0.25, 0.3) is 11.8 Å². The summed E-state index contributed by atoms with van der Waals surface area (Å²) in [5.74, 6) is 0.618. The van der Waals surface area contributed by atoms with Crippen molar-refractivity contribution in [3.05, 3.63) is 88.2 Å². The van der Waals surface area contributed by atoms with Crippen molar-refractivity contribution >= 4 is 23.6 Å². The molecule has 1 aliphatic heterocycles. The molecule has 2 aliphatic rings. The molecular weight excluding hydrogens is 458 g/mol. The Balaban J connectivity index is 1.23. The molecule has 1 N–H and O–H groups in total. The molecule has 2 heterocycles. The standard InChI is InChI=1S/C27H27N5O2S/c1-31-24-22(23(30-31)25(33)29-16-20-9-7-19(15-28)8-10-20)11-14-32(26(24)34)18-27(12-13-27)35-17-21-5-3-2-4-6-21/h2-10H,11-14,16-18H2,1H3,(H,29,33). The highest BCUT2D eigenvalue weighted by atomic mass is 32.2. The average Bonchev–Trinajstić information content (AvgIpc) is 3.57. The van der Waals surface area contributed by atoms with E-state index in [0.29, 0.717) is 36.5 Å². The summed E-state index contributed by atoms with van der Waals surface area (Å²) in [6.45, 7) is 1.66. The highest BCUT2D eigenvalue weighted by molar-refractivity contribution is 8.00. The molecule has 1 aliphatic carbocycles. The number of fused-ring (bicyclic) bond motifs is 1. The van der Waals surface area contributed by atoms with Crippen LogP contribution in [0.4, 0.5) is 0 Å². The summed E-state index contributed by atoms with van der Waals surface area (Å²) in [5, 5.41) is 16.2. The van der Waals surface area contributed by atoms with E-state index >= 15 is 0 Å². The van der Waals surface area contributed by atoms with Crippen molar-refractivity contribution in [1.29, 1.82) is 5.26 Å². The summed E-state index contributed by atoms with van der Waals surface area (Å²) in [6, 6.07) is 19.6. The van der Waals surface area contributed by atoms with Crippen molar-refractivity contribution in [1.82, 2.24) is 20.0 Å². The normalized spacial score (nSPS) is 15.9. The maximum atomic E-state index is 13.4. The zero-order valence-corrected chi connectivity index (χ0v) is 20.5. The van der Waals surface area contributed by atoms with Crippen molar-refractivity contribution in [2.24, 2.45) is 7.05 Å². The van der Waals surface area contributed by atoms with Crippen LogP contribution in [0.1, 0.15) is 56.1 Å². The van der Waals surface area contributed by atoms with Gasteiger partial charge in [-0.15, -0.1) is 11.8 Å². The topological polar surface area (TPSA) is 91.0 Å². The largest absolute Gasteiger partial charge is 0.347 e. The van der Waals surface area contributed by atoms with Gasteiger partial charge in [0.2, 0.25) is 0 Å². The highest BCUT2D eigenvalue weighted by Crippen LogP contribution is 2.50. The summed E-state index contributed by atoms with van der Waals surface area (Å²) in [4.78, 5) is 28.2. The average molecular weight is 486 g/mol. The van der Waals surface area contributed by atoms with Crippen LogP contribution in [0.25, 0.3) is 0 Å². The summed E-state index contributed by atoms with van der Waals surface area (Å²) >= 11 is 1.94. The number of rotatable bonds is 8. The Labute approximate surface area is 209 Å². The zero-order chi connectivity index (χ0) is 24.4. The molecule has 8 heteroatoms. The number of carbonyl (C=O) groups excluding carboxylic acids is 2. The van der Waals surface area contributed by atoms with E-state index in [9.17, 15) is 9.59 Å². The molecule has 0 unspecified atom stereocenters. The van der Waals surface area contributed by atoms with Crippen LogP contribution in [0.3, 0.4) is 0 Å². The number of benzene rings is 2. The predicted molar refractivity (Wildman–Crippen MR) is 135 cm³/mol. The van der Waals surface area contributed by atoms with Gasteiger partial charge in [-0.05, 0) is 42.5 Å². The molecule has 0 radical (unpaired) electrons. The lowest BCUT2D eigenvalue weighted by molar-refractivity contribution is 0.0725. The number of aryl methyl sites for hydroxylation is 1. The molecular formula is C27H27N5O2S. The Bertz CT molecular complexity index is 1290. The fraction of sp³-hybridized carbons (Fsp3) is 0.333. The monoisotopic (exact) mass is 485 g/mol. The van der Waals surface area contributed by atoms with Gasteiger partial charge in [-0.2, -0.15) is 10.4 Å². The smallest absolute Gasteiger partial charge is 0.272 e. The Morgan fingerprint density at radius 1 is 1.14 bits per heavy atom. The van der Waals surface area contributed by atoms with E-state index in [1.165, 1.54) is 5.56 Å². The van der Waals surface area contributed by atoms with Crippen molar-refractivity contribution < 1.29 is 9.59 Å². The van der Waals surface area contributed by atoms with E-state index in [0.717, 1.165) is 36.3 Å². The van der Waals surface area contributed by atoms with Gasteiger partial charge in [-0.1, -0.05) is 42.5 Å². The molecule has 1 aromatic heterocycles. The second-order valence-corrected chi connectivity index (χ2v) is 10.7. The number of amides is 2. The number of nitrogens with one attached hydrogen (secondary N) is 1. The van der Waals surface area contributed by atoms with Gasteiger partial charge in [0.15, 0.2) is 5.69 Å². The first-order chi connectivity index (χ1) is 17.0. The van der Waals surface area contributed by atoms with Crippen LogP contribution < -0.4 is 5.32 Å². The Morgan fingerprint density at radius 2 is 1.89 bits per heavy atom. The minimum atomic E-state index is -0.287. The van der Waals surface area contributed by atoms with Crippen LogP contribution in [0.2, 0.25) is 0 Å². The quantitative estimate of drug-likeness (QED) is 0.526. The number of hydrogen-bond donors (Lipinski definition) is 1. The predicted octanol–water partition coefficient (Wildman–Crippen LogP) is 3.69. The minimum Gasteiger partial charge on any atom is -0.347 e. The van der Waals surface area contributed by atoms with Gasteiger partial charge < -0.3 is 10.2 Å². The van der Waals surface area contributed by atoms with Crippen LogP contribution in [0, 0.1) is 11.3 Å². The molecule has 0 bridgehead atoms. The first kappa shape index (κ1) is 23.2. The lowest BCUT2D eigenvalue weighted by Gasteiger charge is -2.31. The molecule has 0 saturated heterocycles. The molecule has 5 rings (SSSR count). The Morgan fingerprint density at radius 3 is 2.57 bits per heavy atom. The number of thioether (sulfide) groups is 1. The zero-order valence-electron chi connectivity index (χ0n) is 19.7. The summed E-state index contributed by atoms with van der Waals surface area (Å²) < 4.78 is 1.68. The second-order valence-electron chi connectivity index (χ2n) is 9.22. The number of aromatic nitrogens is 2. The van der Waals surface area contributed by atoms with Crippen LogP contribution in [0.5, 0.6) is 0 Å². The molecule has 0 atom stereocenters.